The van der Waals surface area contributed by atoms with Crippen LogP contribution in [0.4, 0.5) is 0 Å². The van der Waals surface area contributed by atoms with Gasteiger partial charge in [0.1, 0.15) is 0 Å². The number of rotatable bonds is 1. The van der Waals surface area contributed by atoms with Crippen molar-refractivity contribution in [3.63, 3.8) is 0 Å². The van der Waals surface area contributed by atoms with Crippen molar-refractivity contribution in [1.29, 1.82) is 0 Å². The van der Waals surface area contributed by atoms with E-state index in [1.54, 1.807) is 0 Å². The van der Waals surface area contributed by atoms with Crippen molar-refractivity contribution in [2.45, 2.75) is 50.6 Å². The van der Waals surface area contributed by atoms with Crippen molar-refractivity contribution in [2.24, 2.45) is 5.92 Å². The van der Waals surface area contributed by atoms with E-state index >= 15 is 0 Å². The minimum Gasteiger partial charge on any atom is -0.395 e. The summed E-state index contributed by atoms with van der Waals surface area (Å²) < 4.78 is 0. The van der Waals surface area contributed by atoms with E-state index in [0.29, 0.717) is 12.6 Å². The molecule has 12 heavy (non-hydrogen) atoms. The zero-order valence-corrected chi connectivity index (χ0v) is 7.63. The van der Waals surface area contributed by atoms with E-state index in [0.717, 1.165) is 12.0 Å². The van der Waals surface area contributed by atoms with Gasteiger partial charge in [-0.2, -0.15) is 0 Å². The third-order valence-corrected chi connectivity index (χ3v) is 3.42. The zero-order valence-electron chi connectivity index (χ0n) is 7.63. The molecule has 1 aliphatic carbocycles. The molecule has 1 saturated heterocycles. The topological polar surface area (TPSA) is 32.3 Å². The van der Waals surface area contributed by atoms with Crippen molar-refractivity contribution >= 4 is 0 Å². The van der Waals surface area contributed by atoms with E-state index in [2.05, 4.69) is 5.32 Å². The first-order valence-corrected chi connectivity index (χ1v) is 5.27. The third-order valence-electron chi connectivity index (χ3n) is 3.42. The van der Waals surface area contributed by atoms with Crippen LogP contribution in [0.15, 0.2) is 0 Å². The standard InChI is InChI=1S/C10H19NO/c12-7-9-6-8-4-2-1-3-5-10(8)11-9/h8-12H,1-7H2/t8-,9-,10+/m0/s1. The molecule has 2 fully saturated rings. The lowest BCUT2D eigenvalue weighted by Crippen LogP contribution is -2.32. The molecule has 2 N–H and O–H groups in total. The quantitative estimate of drug-likeness (QED) is 0.620. The summed E-state index contributed by atoms with van der Waals surface area (Å²) in [7, 11) is 0. The highest BCUT2D eigenvalue weighted by Crippen LogP contribution is 2.31. The molecule has 2 aliphatic rings. The molecule has 1 aliphatic heterocycles. The number of aliphatic hydroxyl groups is 1. The number of aliphatic hydroxyl groups excluding tert-OH is 1. The molecule has 2 nitrogen and oxygen atoms in total. The van der Waals surface area contributed by atoms with Gasteiger partial charge in [-0.05, 0) is 25.2 Å². The van der Waals surface area contributed by atoms with Crippen LogP contribution in [0.1, 0.15) is 38.5 Å². The van der Waals surface area contributed by atoms with Crippen LogP contribution in [-0.2, 0) is 0 Å². The van der Waals surface area contributed by atoms with E-state index < -0.39 is 0 Å². The lowest BCUT2D eigenvalue weighted by molar-refractivity contribution is 0.249. The molecule has 0 radical (unpaired) electrons. The maximum Gasteiger partial charge on any atom is 0.0584 e. The lowest BCUT2D eigenvalue weighted by Gasteiger charge is -2.14. The minimum atomic E-state index is 0.326. The molecule has 2 rings (SSSR count). The first kappa shape index (κ1) is 8.52. The fraction of sp³-hybridized carbons (Fsp3) is 1.00. The van der Waals surface area contributed by atoms with E-state index in [9.17, 15) is 0 Å². The molecule has 3 atom stereocenters. The summed E-state index contributed by atoms with van der Waals surface area (Å²) in [5.74, 6) is 0.865. The number of nitrogens with one attached hydrogen (secondary N) is 1. The molecule has 1 saturated carbocycles. The van der Waals surface area contributed by atoms with Gasteiger partial charge in [0.15, 0.2) is 0 Å². The van der Waals surface area contributed by atoms with Crippen LogP contribution in [-0.4, -0.2) is 23.8 Å². The minimum absolute atomic E-state index is 0.326. The van der Waals surface area contributed by atoms with Crippen molar-refractivity contribution < 1.29 is 5.11 Å². The van der Waals surface area contributed by atoms with Crippen molar-refractivity contribution in [2.75, 3.05) is 6.61 Å². The Hall–Kier alpha value is -0.0800. The smallest absolute Gasteiger partial charge is 0.0584 e. The van der Waals surface area contributed by atoms with Gasteiger partial charge in [-0.15, -0.1) is 0 Å². The summed E-state index contributed by atoms with van der Waals surface area (Å²) >= 11 is 0. The van der Waals surface area contributed by atoms with Gasteiger partial charge in [-0.3, -0.25) is 0 Å². The Morgan fingerprint density at radius 2 is 2.00 bits per heavy atom. The molecule has 0 spiro atoms. The molecular formula is C10H19NO. The molecule has 70 valence electrons. The van der Waals surface area contributed by atoms with Gasteiger partial charge in [0, 0.05) is 12.1 Å². The number of fused-ring (bicyclic) bond motifs is 1. The summed E-state index contributed by atoms with van der Waals surface area (Å²) in [6.07, 6.45) is 8.13. The van der Waals surface area contributed by atoms with E-state index in [-0.39, 0.29) is 0 Å². The maximum absolute atomic E-state index is 9.02. The van der Waals surface area contributed by atoms with Gasteiger partial charge in [0.25, 0.3) is 0 Å². The molecule has 1 heterocycles. The van der Waals surface area contributed by atoms with Crippen LogP contribution >= 0.6 is 0 Å². The third kappa shape index (κ3) is 1.64. The monoisotopic (exact) mass is 169 g/mol. The second-order valence-corrected chi connectivity index (χ2v) is 4.29. The predicted molar refractivity (Wildman–Crippen MR) is 49.0 cm³/mol. The molecule has 0 amide bonds. The van der Waals surface area contributed by atoms with Gasteiger partial charge >= 0.3 is 0 Å². The summed E-state index contributed by atoms with van der Waals surface area (Å²) in [6.45, 7) is 0.326. The highest BCUT2D eigenvalue weighted by molar-refractivity contribution is 4.91. The first-order valence-electron chi connectivity index (χ1n) is 5.27. The average Bonchev–Trinajstić information content (AvgIpc) is 2.37. The van der Waals surface area contributed by atoms with Crippen LogP contribution in [0.2, 0.25) is 0 Å². The Balaban J connectivity index is 1.92. The van der Waals surface area contributed by atoms with E-state index in [4.69, 9.17) is 5.11 Å². The van der Waals surface area contributed by atoms with Crippen LogP contribution in [0.3, 0.4) is 0 Å². The second-order valence-electron chi connectivity index (χ2n) is 4.29. The molecule has 0 unspecified atom stereocenters. The summed E-state index contributed by atoms with van der Waals surface area (Å²) in [5.41, 5.74) is 0. The fourth-order valence-electron chi connectivity index (χ4n) is 2.75. The zero-order chi connectivity index (χ0) is 8.39. The van der Waals surface area contributed by atoms with Crippen LogP contribution in [0, 0.1) is 5.92 Å². The summed E-state index contributed by atoms with van der Waals surface area (Å²) in [5, 5.41) is 12.6. The van der Waals surface area contributed by atoms with Crippen LogP contribution in [0.25, 0.3) is 0 Å². The van der Waals surface area contributed by atoms with Crippen LogP contribution in [0.5, 0.6) is 0 Å². The van der Waals surface area contributed by atoms with E-state index in [1.807, 2.05) is 0 Å². The molecule has 0 aromatic rings. The summed E-state index contributed by atoms with van der Waals surface area (Å²) in [6, 6.07) is 1.13. The SMILES string of the molecule is OC[C@@H]1C[C@@H]2CCCCC[C@H]2N1. The Kier molecular flexibility index (Phi) is 2.66. The van der Waals surface area contributed by atoms with Gasteiger partial charge in [-0.1, -0.05) is 19.3 Å². The molecule has 2 heteroatoms. The largest absolute Gasteiger partial charge is 0.395 e. The van der Waals surface area contributed by atoms with E-state index in [1.165, 1.54) is 38.5 Å². The van der Waals surface area contributed by atoms with Crippen molar-refractivity contribution in [1.82, 2.24) is 5.32 Å². The Morgan fingerprint density at radius 3 is 2.83 bits per heavy atom. The number of hydrogen-bond donors (Lipinski definition) is 2. The fourth-order valence-corrected chi connectivity index (χ4v) is 2.75. The number of hydrogen-bond acceptors (Lipinski definition) is 2. The molecule has 0 bridgehead atoms. The highest BCUT2D eigenvalue weighted by atomic mass is 16.3. The first-order chi connectivity index (χ1) is 5.90. The van der Waals surface area contributed by atoms with Gasteiger partial charge < -0.3 is 10.4 Å². The summed E-state index contributed by atoms with van der Waals surface area (Å²) in [4.78, 5) is 0. The Morgan fingerprint density at radius 1 is 1.17 bits per heavy atom. The van der Waals surface area contributed by atoms with Gasteiger partial charge in [0.2, 0.25) is 0 Å². The molecule has 0 aromatic heterocycles. The second kappa shape index (κ2) is 3.75. The maximum atomic E-state index is 9.02. The van der Waals surface area contributed by atoms with Crippen molar-refractivity contribution in [3.05, 3.63) is 0 Å². The molecular weight excluding hydrogens is 150 g/mol. The van der Waals surface area contributed by atoms with Crippen LogP contribution < -0.4 is 5.32 Å². The Bertz CT molecular complexity index is 135. The van der Waals surface area contributed by atoms with Gasteiger partial charge in [-0.25, -0.2) is 0 Å². The predicted octanol–water partition coefficient (Wildman–Crippen LogP) is 1.29. The molecule has 0 aromatic carbocycles. The van der Waals surface area contributed by atoms with Gasteiger partial charge in [0.05, 0.1) is 6.61 Å². The lowest BCUT2D eigenvalue weighted by atomic mass is 9.95. The average molecular weight is 169 g/mol. The highest BCUT2D eigenvalue weighted by Gasteiger charge is 2.33. The van der Waals surface area contributed by atoms with Crippen molar-refractivity contribution in [3.8, 4) is 0 Å². The Labute approximate surface area is 74.4 Å². The normalized spacial score (nSPS) is 42.2.